The van der Waals surface area contributed by atoms with Crippen LogP contribution in [0, 0.1) is 0 Å². The van der Waals surface area contributed by atoms with E-state index in [1.165, 1.54) is 4.90 Å². The van der Waals surface area contributed by atoms with Crippen LogP contribution in [-0.4, -0.2) is 41.0 Å². The molecule has 2 unspecified atom stereocenters. The fourth-order valence-corrected chi connectivity index (χ4v) is 2.07. The number of halogens is 2. The maximum Gasteiger partial charge on any atom is 0.249 e. The van der Waals surface area contributed by atoms with Gasteiger partial charge in [-0.25, -0.2) is 8.78 Å². The SMILES string of the molecule is CN(C1CCCC(F)(F)C1)C(O)OC(C)(C)C. The Morgan fingerprint density at radius 2 is 2.00 bits per heavy atom. The summed E-state index contributed by atoms with van der Waals surface area (Å²) in [5.74, 6) is -2.61. The molecule has 1 aliphatic carbocycles. The Hall–Kier alpha value is -0.260. The van der Waals surface area contributed by atoms with Crippen LogP contribution in [0.15, 0.2) is 0 Å². The van der Waals surface area contributed by atoms with Crippen LogP contribution in [0.5, 0.6) is 0 Å². The highest BCUT2D eigenvalue weighted by atomic mass is 19.3. The van der Waals surface area contributed by atoms with Crippen molar-refractivity contribution in [2.45, 2.75) is 70.4 Å². The largest absolute Gasteiger partial charge is 0.356 e. The predicted molar refractivity (Wildman–Crippen MR) is 61.8 cm³/mol. The molecule has 2 atom stereocenters. The molecule has 1 fully saturated rings. The van der Waals surface area contributed by atoms with Crippen molar-refractivity contribution in [2.24, 2.45) is 0 Å². The normalized spacial score (nSPS) is 27.2. The van der Waals surface area contributed by atoms with Crippen LogP contribution < -0.4 is 0 Å². The van der Waals surface area contributed by atoms with E-state index >= 15 is 0 Å². The lowest BCUT2D eigenvalue weighted by atomic mass is 9.91. The molecule has 0 aromatic heterocycles. The van der Waals surface area contributed by atoms with E-state index in [1.54, 1.807) is 7.05 Å². The van der Waals surface area contributed by atoms with E-state index in [0.717, 1.165) is 0 Å². The highest BCUT2D eigenvalue weighted by molar-refractivity contribution is 4.83. The zero-order chi connectivity index (χ0) is 13.3. The molecule has 0 aromatic rings. The molecule has 0 saturated heterocycles. The molecular weight excluding hydrogens is 228 g/mol. The summed E-state index contributed by atoms with van der Waals surface area (Å²) >= 11 is 0. The number of hydrogen-bond donors (Lipinski definition) is 1. The van der Waals surface area contributed by atoms with Crippen molar-refractivity contribution in [2.75, 3.05) is 7.05 Å². The van der Waals surface area contributed by atoms with Gasteiger partial charge in [0, 0.05) is 18.9 Å². The molecule has 5 heteroatoms. The molecule has 1 saturated carbocycles. The van der Waals surface area contributed by atoms with Crippen LogP contribution >= 0.6 is 0 Å². The van der Waals surface area contributed by atoms with Crippen LogP contribution in [0.2, 0.25) is 0 Å². The fourth-order valence-electron chi connectivity index (χ4n) is 2.07. The average Bonchev–Trinajstić information content (AvgIpc) is 2.12. The van der Waals surface area contributed by atoms with E-state index in [-0.39, 0.29) is 18.9 Å². The fraction of sp³-hybridized carbons (Fsp3) is 1.00. The number of rotatable bonds is 3. The number of aliphatic hydroxyl groups is 1. The van der Waals surface area contributed by atoms with Crippen molar-refractivity contribution in [3.8, 4) is 0 Å². The van der Waals surface area contributed by atoms with Crippen LogP contribution in [-0.2, 0) is 4.74 Å². The zero-order valence-electron chi connectivity index (χ0n) is 11.0. The molecular formula is C12H23F2NO2. The third kappa shape index (κ3) is 4.85. The van der Waals surface area contributed by atoms with Gasteiger partial charge in [-0.05, 0) is 40.7 Å². The molecule has 102 valence electrons. The average molecular weight is 251 g/mol. The number of alkyl halides is 2. The Bertz CT molecular complexity index is 253. The summed E-state index contributed by atoms with van der Waals surface area (Å²) in [6, 6.07) is -0.323. The topological polar surface area (TPSA) is 32.7 Å². The van der Waals surface area contributed by atoms with Gasteiger partial charge in [-0.2, -0.15) is 0 Å². The van der Waals surface area contributed by atoms with Gasteiger partial charge in [0.1, 0.15) is 0 Å². The highest BCUT2D eigenvalue weighted by Gasteiger charge is 2.39. The monoisotopic (exact) mass is 251 g/mol. The van der Waals surface area contributed by atoms with Crippen molar-refractivity contribution in [1.82, 2.24) is 4.90 Å². The molecule has 1 aliphatic rings. The van der Waals surface area contributed by atoms with E-state index in [9.17, 15) is 13.9 Å². The third-order valence-corrected chi connectivity index (χ3v) is 3.00. The summed E-state index contributed by atoms with van der Waals surface area (Å²) < 4.78 is 31.9. The standard InChI is InChI=1S/C12H23F2NO2/c1-11(2,3)17-10(16)15(4)9-6-5-7-12(13,14)8-9/h9-10,16H,5-8H2,1-4H3. The van der Waals surface area contributed by atoms with Gasteiger partial charge in [0.15, 0.2) is 0 Å². The molecule has 0 radical (unpaired) electrons. The van der Waals surface area contributed by atoms with Crippen molar-refractivity contribution in [3.63, 3.8) is 0 Å². The van der Waals surface area contributed by atoms with E-state index in [1.807, 2.05) is 20.8 Å². The van der Waals surface area contributed by atoms with E-state index < -0.39 is 17.9 Å². The second kappa shape index (κ2) is 5.16. The quantitative estimate of drug-likeness (QED) is 0.783. The first kappa shape index (κ1) is 14.8. The highest BCUT2D eigenvalue weighted by Crippen LogP contribution is 2.35. The maximum atomic E-state index is 13.3. The number of hydrogen-bond acceptors (Lipinski definition) is 3. The second-order valence-electron chi connectivity index (χ2n) is 5.83. The lowest BCUT2D eigenvalue weighted by Gasteiger charge is -2.38. The van der Waals surface area contributed by atoms with Gasteiger partial charge in [0.2, 0.25) is 12.3 Å². The molecule has 0 aliphatic heterocycles. The Morgan fingerprint density at radius 3 is 2.47 bits per heavy atom. The van der Waals surface area contributed by atoms with Gasteiger partial charge < -0.3 is 9.84 Å². The van der Waals surface area contributed by atoms with Gasteiger partial charge >= 0.3 is 0 Å². The first-order valence-corrected chi connectivity index (χ1v) is 6.06. The molecule has 0 spiro atoms. The van der Waals surface area contributed by atoms with Crippen LogP contribution in [0.3, 0.4) is 0 Å². The zero-order valence-corrected chi connectivity index (χ0v) is 11.0. The van der Waals surface area contributed by atoms with Gasteiger partial charge in [-0.1, -0.05) is 0 Å². The Labute approximate surface area is 102 Å². The minimum atomic E-state index is -2.61. The Balaban J connectivity index is 2.54. The van der Waals surface area contributed by atoms with Crippen molar-refractivity contribution < 1.29 is 18.6 Å². The lowest BCUT2D eigenvalue weighted by molar-refractivity contribution is -0.248. The van der Waals surface area contributed by atoms with Gasteiger partial charge in [-0.15, -0.1) is 0 Å². The van der Waals surface area contributed by atoms with E-state index in [0.29, 0.717) is 12.8 Å². The van der Waals surface area contributed by atoms with Gasteiger partial charge in [0.05, 0.1) is 5.60 Å². The molecule has 1 N–H and O–H groups in total. The predicted octanol–water partition coefficient (Wildman–Crippen LogP) is 2.59. The molecule has 0 amide bonds. The number of nitrogens with zero attached hydrogens (tertiary/aromatic N) is 1. The van der Waals surface area contributed by atoms with Crippen molar-refractivity contribution in [1.29, 1.82) is 0 Å². The van der Waals surface area contributed by atoms with Gasteiger partial charge in [0.25, 0.3) is 0 Å². The minimum absolute atomic E-state index is 0.0481. The molecule has 0 aromatic carbocycles. The molecule has 0 bridgehead atoms. The maximum absolute atomic E-state index is 13.3. The third-order valence-electron chi connectivity index (χ3n) is 3.00. The van der Waals surface area contributed by atoms with Crippen molar-refractivity contribution >= 4 is 0 Å². The lowest BCUT2D eigenvalue weighted by Crippen LogP contribution is -2.48. The summed E-state index contributed by atoms with van der Waals surface area (Å²) in [5.41, 5.74) is -0.495. The van der Waals surface area contributed by atoms with E-state index in [2.05, 4.69) is 0 Å². The number of aliphatic hydroxyl groups excluding tert-OH is 1. The first-order valence-electron chi connectivity index (χ1n) is 6.06. The molecule has 1 rings (SSSR count). The summed E-state index contributed by atoms with van der Waals surface area (Å²) in [4.78, 5) is 1.50. The Kier molecular flexibility index (Phi) is 4.49. The van der Waals surface area contributed by atoms with Crippen molar-refractivity contribution in [3.05, 3.63) is 0 Å². The number of ether oxygens (including phenoxy) is 1. The molecule has 0 heterocycles. The summed E-state index contributed by atoms with van der Waals surface area (Å²) in [7, 11) is 1.63. The summed E-state index contributed by atoms with van der Waals surface area (Å²) in [6.45, 7) is 5.46. The van der Waals surface area contributed by atoms with E-state index in [4.69, 9.17) is 4.74 Å². The molecule has 17 heavy (non-hydrogen) atoms. The Morgan fingerprint density at radius 1 is 1.41 bits per heavy atom. The summed E-state index contributed by atoms with van der Waals surface area (Å²) in [6.07, 6.45) is -0.211. The second-order valence-corrected chi connectivity index (χ2v) is 5.83. The summed E-state index contributed by atoms with van der Waals surface area (Å²) in [5, 5.41) is 9.83. The van der Waals surface area contributed by atoms with Crippen LogP contribution in [0.4, 0.5) is 8.78 Å². The van der Waals surface area contributed by atoms with Crippen LogP contribution in [0.1, 0.15) is 46.5 Å². The van der Waals surface area contributed by atoms with Crippen LogP contribution in [0.25, 0.3) is 0 Å². The smallest absolute Gasteiger partial charge is 0.249 e. The minimum Gasteiger partial charge on any atom is -0.356 e. The first-order chi connectivity index (χ1) is 7.61. The molecule has 3 nitrogen and oxygen atoms in total. The van der Waals surface area contributed by atoms with Gasteiger partial charge in [-0.3, -0.25) is 4.90 Å².